The number of hydrogen-bond donors (Lipinski definition) is 2. The van der Waals surface area contributed by atoms with Gasteiger partial charge in [0.15, 0.2) is 6.61 Å². The molecular weight excluding hydrogens is 384 g/mol. The van der Waals surface area contributed by atoms with Crippen LogP contribution in [0.4, 0.5) is 5.00 Å². The highest BCUT2D eigenvalue weighted by Gasteiger charge is 2.21. The zero-order valence-electron chi connectivity index (χ0n) is 15.2. The van der Waals surface area contributed by atoms with Gasteiger partial charge in [-0.05, 0) is 43.5 Å². The number of esters is 1. The average Bonchev–Trinajstić information content (AvgIpc) is 3.25. The van der Waals surface area contributed by atoms with Gasteiger partial charge in [-0.25, -0.2) is 4.79 Å². The van der Waals surface area contributed by atoms with Gasteiger partial charge in [-0.15, -0.1) is 11.3 Å². The summed E-state index contributed by atoms with van der Waals surface area (Å²) in [6.45, 7) is 3.59. The Morgan fingerprint density at radius 3 is 2.75 bits per heavy atom. The molecule has 0 aliphatic carbocycles. The van der Waals surface area contributed by atoms with E-state index >= 15 is 0 Å². The molecule has 0 saturated carbocycles. The van der Waals surface area contributed by atoms with Crippen LogP contribution in [-0.4, -0.2) is 31.0 Å². The van der Waals surface area contributed by atoms with Crippen LogP contribution in [0.1, 0.15) is 33.4 Å². The van der Waals surface area contributed by atoms with Gasteiger partial charge in [-0.1, -0.05) is 0 Å². The molecule has 2 heterocycles. The molecule has 0 aliphatic heterocycles. The highest BCUT2D eigenvalue weighted by atomic mass is 32.1. The van der Waals surface area contributed by atoms with Crippen LogP contribution in [0, 0.1) is 6.92 Å². The number of aryl methyl sites for hydroxylation is 1. The predicted octanol–water partition coefficient (Wildman–Crippen LogP) is 3.10. The van der Waals surface area contributed by atoms with Crippen LogP contribution in [0.3, 0.4) is 0 Å². The zero-order chi connectivity index (χ0) is 20.3. The lowest BCUT2D eigenvalue weighted by Crippen LogP contribution is -2.22. The summed E-state index contributed by atoms with van der Waals surface area (Å²) in [5.74, 6) is -1.32. The van der Waals surface area contributed by atoms with Gasteiger partial charge in [0, 0.05) is 10.9 Å². The zero-order valence-corrected chi connectivity index (χ0v) is 16.1. The second-order valence-corrected chi connectivity index (χ2v) is 6.72. The number of anilines is 1. The molecule has 8 nitrogen and oxygen atoms in total. The van der Waals surface area contributed by atoms with Gasteiger partial charge in [-0.3, -0.25) is 9.59 Å². The summed E-state index contributed by atoms with van der Waals surface area (Å²) in [5.41, 5.74) is 6.53. The molecule has 146 valence electrons. The van der Waals surface area contributed by atoms with Gasteiger partial charge in [-0.2, -0.15) is 0 Å². The maximum Gasteiger partial charge on any atom is 0.375 e. The molecule has 0 atom stereocenters. The molecule has 3 aromatic rings. The van der Waals surface area contributed by atoms with Gasteiger partial charge in [0.25, 0.3) is 11.8 Å². The summed E-state index contributed by atoms with van der Waals surface area (Å²) in [6.07, 6.45) is 0. The Kier molecular flexibility index (Phi) is 5.65. The fourth-order valence-corrected chi connectivity index (χ4v) is 3.42. The molecule has 0 spiro atoms. The van der Waals surface area contributed by atoms with Crippen LogP contribution < -0.4 is 15.8 Å². The van der Waals surface area contributed by atoms with Crippen molar-refractivity contribution in [2.24, 2.45) is 5.73 Å². The first-order valence-electron chi connectivity index (χ1n) is 8.41. The number of primary amides is 1. The first-order valence-corrected chi connectivity index (χ1v) is 9.29. The molecule has 28 heavy (non-hydrogen) atoms. The van der Waals surface area contributed by atoms with Gasteiger partial charge in [0.1, 0.15) is 16.3 Å². The summed E-state index contributed by atoms with van der Waals surface area (Å²) in [5, 5.41) is 5.15. The number of nitrogens with one attached hydrogen (secondary N) is 1. The van der Waals surface area contributed by atoms with E-state index in [1.165, 1.54) is 6.07 Å². The van der Waals surface area contributed by atoms with Crippen molar-refractivity contribution in [2.45, 2.75) is 13.8 Å². The van der Waals surface area contributed by atoms with Crippen molar-refractivity contribution in [3.63, 3.8) is 0 Å². The van der Waals surface area contributed by atoms with Crippen LogP contribution in [0.15, 0.2) is 34.1 Å². The van der Waals surface area contributed by atoms with E-state index in [4.69, 9.17) is 19.6 Å². The molecular formula is C19H18N2O6S. The van der Waals surface area contributed by atoms with Crippen LogP contribution in [-0.2, 0) is 9.53 Å². The lowest BCUT2D eigenvalue weighted by Gasteiger charge is -2.05. The standard InChI is InChI=1S/C19H18N2O6S/c1-3-25-11-4-5-14-13(8-11)10(2)16(27-14)19(24)26-9-15(22)21-18-12(17(20)23)6-7-28-18/h4-8H,3,9H2,1-2H3,(H2,20,23)(H,21,22). The fourth-order valence-electron chi connectivity index (χ4n) is 2.61. The number of carbonyl (C=O) groups is 3. The summed E-state index contributed by atoms with van der Waals surface area (Å²) >= 11 is 1.14. The van der Waals surface area contributed by atoms with Crippen molar-refractivity contribution in [2.75, 3.05) is 18.5 Å². The number of ether oxygens (including phenoxy) is 2. The molecule has 0 radical (unpaired) electrons. The third-order valence-corrected chi connectivity index (χ3v) is 4.75. The van der Waals surface area contributed by atoms with Crippen molar-refractivity contribution in [1.82, 2.24) is 0 Å². The Bertz CT molecular complexity index is 1050. The van der Waals surface area contributed by atoms with E-state index in [1.54, 1.807) is 30.5 Å². The van der Waals surface area contributed by atoms with Gasteiger partial charge in [0.05, 0.1) is 12.2 Å². The van der Waals surface area contributed by atoms with E-state index in [9.17, 15) is 14.4 Å². The molecule has 0 fully saturated rings. The summed E-state index contributed by atoms with van der Waals surface area (Å²) < 4.78 is 16.1. The number of rotatable bonds is 7. The van der Waals surface area contributed by atoms with E-state index in [2.05, 4.69) is 5.32 Å². The second-order valence-electron chi connectivity index (χ2n) is 5.80. The maximum absolute atomic E-state index is 12.3. The van der Waals surface area contributed by atoms with Gasteiger partial charge in [0.2, 0.25) is 5.76 Å². The SMILES string of the molecule is CCOc1ccc2oc(C(=O)OCC(=O)Nc3sccc3C(N)=O)c(C)c2c1. The Balaban J connectivity index is 1.67. The summed E-state index contributed by atoms with van der Waals surface area (Å²) in [6, 6.07) is 6.74. The lowest BCUT2D eigenvalue weighted by atomic mass is 10.1. The summed E-state index contributed by atoms with van der Waals surface area (Å²) in [7, 11) is 0. The lowest BCUT2D eigenvalue weighted by molar-refractivity contribution is -0.119. The van der Waals surface area contributed by atoms with Gasteiger partial charge < -0.3 is 24.9 Å². The molecule has 0 saturated heterocycles. The van der Waals surface area contributed by atoms with Crippen molar-refractivity contribution < 1.29 is 28.3 Å². The Morgan fingerprint density at radius 1 is 1.25 bits per heavy atom. The molecule has 2 amide bonds. The smallest absolute Gasteiger partial charge is 0.375 e. The van der Waals surface area contributed by atoms with Crippen LogP contribution in [0.2, 0.25) is 0 Å². The van der Waals surface area contributed by atoms with E-state index < -0.39 is 24.4 Å². The Hall–Kier alpha value is -3.33. The largest absolute Gasteiger partial charge is 0.494 e. The quantitative estimate of drug-likeness (QED) is 0.586. The highest BCUT2D eigenvalue weighted by molar-refractivity contribution is 7.14. The number of carbonyl (C=O) groups excluding carboxylic acids is 3. The number of thiophene rings is 1. The fraction of sp³-hybridized carbons (Fsp3) is 0.211. The number of benzene rings is 1. The Morgan fingerprint density at radius 2 is 2.04 bits per heavy atom. The van der Waals surface area contributed by atoms with Crippen molar-refractivity contribution in [1.29, 1.82) is 0 Å². The molecule has 0 aliphatic rings. The van der Waals surface area contributed by atoms with Crippen LogP contribution >= 0.6 is 11.3 Å². The van der Waals surface area contributed by atoms with Crippen LogP contribution in [0.5, 0.6) is 5.75 Å². The first-order chi connectivity index (χ1) is 13.4. The minimum atomic E-state index is -0.761. The van der Waals surface area contributed by atoms with Crippen LogP contribution in [0.25, 0.3) is 11.0 Å². The third-order valence-electron chi connectivity index (χ3n) is 3.92. The minimum Gasteiger partial charge on any atom is -0.494 e. The first kappa shape index (κ1) is 19.4. The third kappa shape index (κ3) is 3.99. The Labute approximate surface area is 164 Å². The average molecular weight is 402 g/mol. The molecule has 3 rings (SSSR count). The topological polar surface area (TPSA) is 121 Å². The molecule has 0 bridgehead atoms. The monoisotopic (exact) mass is 402 g/mol. The molecule has 1 aromatic carbocycles. The van der Waals surface area contributed by atoms with E-state index in [-0.39, 0.29) is 11.3 Å². The summed E-state index contributed by atoms with van der Waals surface area (Å²) in [4.78, 5) is 35.6. The number of furan rings is 1. The number of hydrogen-bond acceptors (Lipinski definition) is 7. The minimum absolute atomic E-state index is 0.0189. The van der Waals surface area contributed by atoms with Gasteiger partial charge >= 0.3 is 5.97 Å². The number of nitrogens with two attached hydrogens (primary N) is 1. The number of amides is 2. The maximum atomic E-state index is 12.3. The van der Waals surface area contributed by atoms with Crippen molar-refractivity contribution in [3.8, 4) is 5.75 Å². The number of fused-ring (bicyclic) bond motifs is 1. The van der Waals surface area contributed by atoms with E-state index in [1.807, 2.05) is 6.92 Å². The van der Waals surface area contributed by atoms with Crippen molar-refractivity contribution in [3.05, 3.63) is 46.5 Å². The van der Waals surface area contributed by atoms with E-state index in [0.717, 1.165) is 16.7 Å². The van der Waals surface area contributed by atoms with E-state index in [0.29, 0.717) is 28.5 Å². The predicted molar refractivity (Wildman–Crippen MR) is 104 cm³/mol. The molecule has 0 unspecified atom stereocenters. The highest BCUT2D eigenvalue weighted by Crippen LogP contribution is 2.29. The normalized spacial score (nSPS) is 10.6. The molecule has 3 N–H and O–H groups in total. The molecule has 2 aromatic heterocycles. The molecule has 9 heteroatoms. The second kappa shape index (κ2) is 8.13. The van der Waals surface area contributed by atoms with Crippen molar-refractivity contribution >= 4 is 45.1 Å².